The van der Waals surface area contributed by atoms with E-state index in [1.807, 2.05) is 0 Å². The second-order valence-corrected chi connectivity index (χ2v) is 9.85. The fourth-order valence-electron chi connectivity index (χ4n) is 4.97. The van der Waals surface area contributed by atoms with Crippen molar-refractivity contribution >= 4 is 17.7 Å². The molecule has 29 heavy (non-hydrogen) atoms. The van der Waals surface area contributed by atoms with Crippen LogP contribution in [-0.4, -0.2) is 12.5 Å². The van der Waals surface area contributed by atoms with Crippen molar-refractivity contribution < 1.29 is 9.53 Å². The highest BCUT2D eigenvalue weighted by molar-refractivity contribution is 8.05. The molecule has 0 radical (unpaired) electrons. The summed E-state index contributed by atoms with van der Waals surface area (Å²) in [6.45, 7) is 9.56. The van der Waals surface area contributed by atoms with Crippen LogP contribution in [0, 0.1) is 17.8 Å². The van der Waals surface area contributed by atoms with Gasteiger partial charge in [-0.05, 0) is 49.5 Å². The van der Waals surface area contributed by atoms with Crippen molar-refractivity contribution in [1.82, 2.24) is 5.32 Å². The Balaban J connectivity index is 1.75. The molecular weight excluding hydrogens is 378 g/mol. The molecule has 0 aromatic rings. The van der Waals surface area contributed by atoms with Gasteiger partial charge in [-0.2, -0.15) is 0 Å². The van der Waals surface area contributed by atoms with Gasteiger partial charge in [-0.3, -0.25) is 4.79 Å². The van der Waals surface area contributed by atoms with E-state index in [1.165, 1.54) is 51.4 Å². The molecule has 2 unspecified atom stereocenters. The van der Waals surface area contributed by atoms with Gasteiger partial charge < -0.3 is 10.1 Å². The van der Waals surface area contributed by atoms with E-state index in [1.54, 1.807) is 11.8 Å². The molecule has 1 aliphatic heterocycles. The number of carbonyl (C=O) groups is 1. The summed E-state index contributed by atoms with van der Waals surface area (Å²) in [6.07, 6.45) is 14.5. The number of unbranched alkanes of at least 4 members (excludes halogenated alkanes) is 1. The Labute approximate surface area is 181 Å². The summed E-state index contributed by atoms with van der Waals surface area (Å²) >= 11 is 1.59. The minimum absolute atomic E-state index is 0.00116. The lowest BCUT2D eigenvalue weighted by molar-refractivity contribution is -0.117. The van der Waals surface area contributed by atoms with Crippen molar-refractivity contribution in [2.75, 3.05) is 6.54 Å². The third-order valence-corrected chi connectivity index (χ3v) is 7.77. The molecule has 1 amide bonds. The molecule has 2 saturated carbocycles. The van der Waals surface area contributed by atoms with Gasteiger partial charge in [0, 0.05) is 17.9 Å². The lowest BCUT2D eigenvalue weighted by Crippen LogP contribution is -2.29. The summed E-state index contributed by atoms with van der Waals surface area (Å²) in [6, 6.07) is 0. The number of carbonyl (C=O) groups excluding carboxylic acids is 1. The quantitative estimate of drug-likeness (QED) is 0.339. The predicted octanol–water partition coefficient (Wildman–Crippen LogP) is 7.07. The van der Waals surface area contributed by atoms with E-state index in [2.05, 4.69) is 31.2 Å². The van der Waals surface area contributed by atoms with Gasteiger partial charge in [-0.25, -0.2) is 0 Å². The van der Waals surface area contributed by atoms with Gasteiger partial charge in [-0.1, -0.05) is 77.1 Å². The fraction of sp³-hybridized carbons (Fsp3) is 0.720. The van der Waals surface area contributed by atoms with E-state index in [9.17, 15) is 4.79 Å². The molecule has 2 aliphatic carbocycles. The van der Waals surface area contributed by atoms with Crippen molar-refractivity contribution in [3.8, 4) is 0 Å². The minimum atomic E-state index is 0.00116. The summed E-state index contributed by atoms with van der Waals surface area (Å²) in [5, 5.41) is 6.04. The lowest BCUT2D eigenvalue weighted by atomic mass is 9.79. The molecule has 3 aliphatic rings. The maximum absolute atomic E-state index is 13.1. The second-order valence-electron chi connectivity index (χ2n) is 9.01. The molecule has 2 fully saturated rings. The smallest absolute Gasteiger partial charge is 0.255 e. The molecule has 0 aromatic carbocycles. The zero-order valence-corrected chi connectivity index (χ0v) is 19.3. The van der Waals surface area contributed by atoms with Crippen LogP contribution in [0.3, 0.4) is 0 Å². The highest BCUT2D eigenvalue weighted by atomic mass is 32.2. The van der Waals surface area contributed by atoms with Gasteiger partial charge >= 0.3 is 0 Å². The van der Waals surface area contributed by atoms with Crippen molar-refractivity contribution in [3.05, 3.63) is 34.0 Å². The molecule has 1 heterocycles. The summed E-state index contributed by atoms with van der Waals surface area (Å²) < 4.78 is 6.38. The van der Waals surface area contributed by atoms with Crippen LogP contribution in [0.4, 0.5) is 0 Å². The fourth-order valence-corrected chi connectivity index (χ4v) is 5.92. The molecular formula is C25H39NO2S. The van der Waals surface area contributed by atoms with E-state index in [-0.39, 0.29) is 5.91 Å². The number of nitrogens with one attached hydrogen (secondary N) is 1. The van der Waals surface area contributed by atoms with Crippen molar-refractivity contribution in [2.24, 2.45) is 17.8 Å². The topological polar surface area (TPSA) is 38.3 Å². The Kier molecular flexibility index (Phi) is 8.77. The predicted molar refractivity (Wildman–Crippen MR) is 123 cm³/mol. The Bertz CT molecular complexity index is 645. The third-order valence-electron chi connectivity index (χ3n) is 6.92. The summed E-state index contributed by atoms with van der Waals surface area (Å²) in [4.78, 5) is 13.1. The summed E-state index contributed by atoms with van der Waals surface area (Å²) in [7, 11) is 0. The molecule has 0 aromatic heterocycles. The van der Waals surface area contributed by atoms with Crippen LogP contribution in [0.15, 0.2) is 34.0 Å². The first kappa shape index (κ1) is 22.5. The van der Waals surface area contributed by atoms with Crippen LogP contribution in [0.1, 0.15) is 90.9 Å². The second kappa shape index (κ2) is 11.3. The van der Waals surface area contributed by atoms with Crippen molar-refractivity contribution in [1.29, 1.82) is 0 Å². The molecule has 0 saturated heterocycles. The van der Waals surface area contributed by atoms with Crippen LogP contribution >= 0.6 is 11.8 Å². The van der Waals surface area contributed by atoms with E-state index >= 15 is 0 Å². The van der Waals surface area contributed by atoms with Gasteiger partial charge in [0.25, 0.3) is 5.91 Å². The van der Waals surface area contributed by atoms with E-state index < -0.39 is 0 Å². The van der Waals surface area contributed by atoms with Crippen molar-refractivity contribution in [3.63, 3.8) is 0 Å². The number of amides is 1. The summed E-state index contributed by atoms with van der Waals surface area (Å²) in [5.74, 6) is 2.81. The van der Waals surface area contributed by atoms with E-state index in [0.717, 1.165) is 54.6 Å². The van der Waals surface area contributed by atoms with Gasteiger partial charge in [0.15, 0.2) is 5.09 Å². The van der Waals surface area contributed by atoms with Crippen LogP contribution in [-0.2, 0) is 9.53 Å². The molecule has 0 bridgehead atoms. The van der Waals surface area contributed by atoms with Crippen LogP contribution in [0.2, 0.25) is 0 Å². The maximum Gasteiger partial charge on any atom is 0.255 e. The average Bonchev–Trinajstić information content (AvgIpc) is 3.24. The number of hydrogen-bond acceptors (Lipinski definition) is 3. The Morgan fingerprint density at radius 3 is 2.69 bits per heavy atom. The van der Waals surface area contributed by atoms with Crippen LogP contribution in [0.5, 0.6) is 0 Å². The Morgan fingerprint density at radius 2 is 1.97 bits per heavy atom. The number of allylic oxidation sites excluding steroid dienone is 1. The third kappa shape index (κ3) is 5.93. The summed E-state index contributed by atoms with van der Waals surface area (Å²) in [5.41, 5.74) is 1.71. The van der Waals surface area contributed by atoms with Gasteiger partial charge in [0.2, 0.25) is 0 Å². The Hall–Kier alpha value is -1.16. The number of thioether (sulfide) groups is 1. The number of rotatable bonds is 8. The van der Waals surface area contributed by atoms with Gasteiger partial charge in [0.05, 0.1) is 5.57 Å². The first-order valence-electron chi connectivity index (χ1n) is 11.9. The van der Waals surface area contributed by atoms with Gasteiger partial charge in [0.1, 0.15) is 5.76 Å². The molecule has 4 heteroatoms. The first-order valence-corrected chi connectivity index (χ1v) is 12.8. The average molecular weight is 418 g/mol. The Morgan fingerprint density at radius 1 is 1.17 bits per heavy atom. The number of ether oxygens (including phenoxy) is 1. The molecule has 3 nitrogen and oxygen atoms in total. The van der Waals surface area contributed by atoms with Crippen LogP contribution < -0.4 is 5.32 Å². The first-order chi connectivity index (χ1) is 14.1. The van der Waals surface area contributed by atoms with Gasteiger partial charge in [-0.15, -0.1) is 0 Å². The molecule has 3 rings (SSSR count). The molecule has 0 spiro atoms. The highest BCUT2D eigenvalue weighted by Gasteiger charge is 2.32. The maximum atomic E-state index is 13.1. The minimum Gasteiger partial charge on any atom is -0.453 e. The van der Waals surface area contributed by atoms with Crippen LogP contribution in [0.25, 0.3) is 0 Å². The normalized spacial score (nSPS) is 27.2. The van der Waals surface area contributed by atoms with E-state index in [0.29, 0.717) is 17.4 Å². The monoisotopic (exact) mass is 417 g/mol. The van der Waals surface area contributed by atoms with Crippen molar-refractivity contribution in [2.45, 2.75) is 90.9 Å². The number of hydrogen-bond donors (Lipinski definition) is 1. The molecule has 1 N–H and O–H groups in total. The zero-order chi connectivity index (χ0) is 20.6. The molecule has 2 atom stereocenters. The lowest BCUT2D eigenvalue weighted by Gasteiger charge is -2.29. The zero-order valence-electron chi connectivity index (χ0n) is 18.4. The van der Waals surface area contributed by atoms with E-state index in [4.69, 9.17) is 4.74 Å². The highest BCUT2D eigenvalue weighted by Crippen LogP contribution is 2.45. The molecule has 162 valence electrons. The largest absolute Gasteiger partial charge is 0.453 e. The SMILES string of the molecule is C=C(C(C(=O)NCCCC)=C1OC(C2CCCC(CC)C2)=CS1)C1CCCCC1. The standard InChI is InChI=1S/C25H39NO2S/c1-4-6-15-26-24(27)23(18(3)20-12-8-7-9-13-20)25-28-22(17-29-25)21-14-10-11-19(5-2)16-21/h17,19-21H,3-16H2,1-2H3,(H,26,27).